The molecule has 0 unspecified atom stereocenters. The van der Waals surface area contributed by atoms with Crippen LogP contribution < -0.4 is 5.73 Å². The second kappa shape index (κ2) is 4.73. The predicted octanol–water partition coefficient (Wildman–Crippen LogP) is 1.55. The van der Waals surface area contributed by atoms with Crippen LogP contribution in [0.25, 0.3) is 0 Å². The van der Waals surface area contributed by atoms with E-state index in [4.69, 9.17) is 5.73 Å². The molecule has 1 atom stereocenters. The molecule has 0 aromatic heterocycles. The molecule has 0 aliphatic carbocycles. The summed E-state index contributed by atoms with van der Waals surface area (Å²) < 4.78 is 0. The van der Waals surface area contributed by atoms with Crippen LogP contribution in [0.3, 0.4) is 0 Å². The quantitative estimate of drug-likeness (QED) is 0.810. The van der Waals surface area contributed by atoms with Crippen molar-refractivity contribution in [3.63, 3.8) is 0 Å². The van der Waals surface area contributed by atoms with E-state index in [9.17, 15) is 9.59 Å². The summed E-state index contributed by atoms with van der Waals surface area (Å²) in [6.45, 7) is 3.48. The molecule has 2 N–H and O–H groups in total. The van der Waals surface area contributed by atoms with Crippen molar-refractivity contribution in [3.8, 4) is 0 Å². The first-order chi connectivity index (χ1) is 7.00. The van der Waals surface area contributed by atoms with E-state index in [1.165, 1.54) is 0 Å². The minimum Gasteiger partial charge on any atom is -0.366 e. The number of Topliss-reactive ketones (excluding diaryl/α,β-unsaturated/α-hetero) is 1. The molecule has 0 saturated carbocycles. The highest BCUT2D eigenvalue weighted by molar-refractivity contribution is 5.92. The van der Waals surface area contributed by atoms with Crippen molar-refractivity contribution in [3.05, 3.63) is 35.4 Å². The lowest BCUT2D eigenvalue weighted by molar-refractivity contribution is -0.120. The number of carbonyl (C=O) groups is 2. The molecule has 1 aromatic rings. The molecule has 0 spiro atoms. The van der Waals surface area contributed by atoms with E-state index in [2.05, 4.69) is 0 Å². The summed E-state index contributed by atoms with van der Waals surface area (Å²) in [5.74, 6) is -0.237. The molecule has 0 fully saturated rings. The Morgan fingerprint density at radius 3 is 2.20 bits per heavy atom. The van der Waals surface area contributed by atoms with Crippen molar-refractivity contribution in [2.75, 3.05) is 0 Å². The fourth-order valence-corrected chi connectivity index (χ4v) is 1.30. The lowest BCUT2D eigenvalue weighted by atomic mass is 9.97. The second-order valence-electron chi connectivity index (χ2n) is 3.78. The molecule has 80 valence electrons. The minimum absolute atomic E-state index is 0.0180. The van der Waals surface area contributed by atoms with Gasteiger partial charge in [0.05, 0.1) is 0 Å². The van der Waals surface area contributed by atoms with E-state index in [1.807, 2.05) is 19.1 Å². The normalized spacial score (nSPS) is 12.1. The molecule has 1 amide bonds. The van der Waals surface area contributed by atoms with Gasteiger partial charge in [0.2, 0.25) is 5.91 Å². The Morgan fingerprint density at radius 2 is 1.80 bits per heavy atom. The molecule has 15 heavy (non-hydrogen) atoms. The van der Waals surface area contributed by atoms with Crippen molar-refractivity contribution in [2.24, 2.45) is 11.7 Å². The van der Waals surface area contributed by atoms with Crippen molar-refractivity contribution >= 4 is 11.7 Å². The monoisotopic (exact) mass is 205 g/mol. The van der Waals surface area contributed by atoms with Crippen LogP contribution in [0.15, 0.2) is 24.3 Å². The molecule has 0 bridgehead atoms. The summed E-state index contributed by atoms with van der Waals surface area (Å²) in [5.41, 5.74) is 6.66. The van der Waals surface area contributed by atoms with Gasteiger partial charge in [0.25, 0.3) is 0 Å². The van der Waals surface area contributed by atoms with Gasteiger partial charge in [-0.05, 0) is 31.0 Å². The summed E-state index contributed by atoms with van der Waals surface area (Å²) in [5, 5.41) is 0. The highest BCUT2D eigenvalue weighted by atomic mass is 16.1. The molecule has 0 heterocycles. The maximum atomic E-state index is 11.0. The van der Waals surface area contributed by atoms with Crippen molar-refractivity contribution < 1.29 is 9.59 Å². The molecule has 1 aromatic carbocycles. The smallest absolute Gasteiger partial charge is 0.248 e. The number of benzene rings is 1. The van der Waals surface area contributed by atoms with E-state index in [-0.39, 0.29) is 11.7 Å². The average Bonchev–Trinajstić information content (AvgIpc) is 2.18. The van der Waals surface area contributed by atoms with Crippen molar-refractivity contribution in [1.29, 1.82) is 0 Å². The molecule has 3 heteroatoms. The van der Waals surface area contributed by atoms with E-state index < -0.39 is 5.91 Å². The number of primary amides is 1. The van der Waals surface area contributed by atoms with E-state index in [1.54, 1.807) is 19.1 Å². The third-order valence-electron chi connectivity index (χ3n) is 2.47. The van der Waals surface area contributed by atoms with Gasteiger partial charge in [-0.3, -0.25) is 9.59 Å². The van der Waals surface area contributed by atoms with Crippen LogP contribution in [0.2, 0.25) is 0 Å². The van der Waals surface area contributed by atoms with Crippen LogP contribution >= 0.6 is 0 Å². The Morgan fingerprint density at radius 1 is 1.27 bits per heavy atom. The largest absolute Gasteiger partial charge is 0.366 e. The lowest BCUT2D eigenvalue weighted by Gasteiger charge is -2.07. The van der Waals surface area contributed by atoms with Gasteiger partial charge in [-0.15, -0.1) is 0 Å². The van der Waals surface area contributed by atoms with Crippen molar-refractivity contribution in [2.45, 2.75) is 20.3 Å². The number of carbonyl (C=O) groups excluding carboxylic acids is 2. The zero-order chi connectivity index (χ0) is 11.4. The van der Waals surface area contributed by atoms with Gasteiger partial charge in [-0.2, -0.15) is 0 Å². The molecule has 0 saturated heterocycles. The molecule has 0 radical (unpaired) electrons. The van der Waals surface area contributed by atoms with Gasteiger partial charge < -0.3 is 5.73 Å². The zero-order valence-electron chi connectivity index (χ0n) is 8.99. The number of ketones is 1. The van der Waals surface area contributed by atoms with Gasteiger partial charge in [-0.25, -0.2) is 0 Å². The molecular formula is C12H15NO2. The molecule has 0 aliphatic rings. The summed E-state index contributed by atoms with van der Waals surface area (Å²) in [6, 6.07) is 7.04. The lowest BCUT2D eigenvalue weighted by Crippen LogP contribution is -2.12. The highest BCUT2D eigenvalue weighted by Crippen LogP contribution is 2.10. The summed E-state index contributed by atoms with van der Waals surface area (Å²) in [6.07, 6.45) is 0.703. The zero-order valence-corrected chi connectivity index (χ0v) is 8.99. The van der Waals surface area contributed by atoms with Gasteiger partial charge in [-0.1, -0.05) is 19.1 Å². The predicted molar refractivity (Wildman–Crippen MR) is 58.5 cm³/mol. The number of hydrogen-bond donors (Lipinski definition) is 1. The maximum absolute atomic E-state index is 11.0. The van der Waals surface area contributed by atoms with E-state index in [0.29, 0.717) is 12.0 Å². The van der Waals surface area contributed by atoms with Gasteiger partial charge in [0, 0.05) is 11.5 Å². The SMILES string of the molecule is CC(=O)[C@H](C)Cc1ccc(C(N)=O)cc1. The van der Waals surface area contributed by atoms with Gasteiger partial charge >= 0.3 is 0 Å². The van der Waals surface area contributed by atoms with Gasteiger partial charge in [0.15, 0.2) is 0 Å². The van der Waals surface area contributed by atoms with Crippen LogP contribution in [0.1, 0.15) is 29.8 Å². The molecular weight excluding hydrogens is 190 g/mol. The Labute approximate surface area is 89.3 Å². The van der Waals surface area contributed by atoms with E-state index >= 15 is 0 Å². The Balaban J connectivity index is 2.72. The van der Waals surface area contributed by atoms with Crippen LogP contribution in [-0.2, 0) is 11.2 Å². The topological polar surface area (TPSA) is 60.2 Å². The third kappa shape index (κ3) is 3.20. The minimum atomic E-state index is -0.429. The van der Waals surface area contributed by atoms with Crippen LogP contribution in [0.5, 0.6) is 0 Å². The molecule has 1 rings (SSSR count). The summed E-state index contributed by atoms with van der Waals surface area (Å²) in [7, 11) is 0. The summed E-state index contributed by atoms with van der Waals surface area (Å²) in [4.78, 5) is 21.9. The Hall–Kier alpha value is -1.64. The maximum Gasteiger partial charge on any atom is 0.248 e. The van der Waals surface area contributed by atoms with Gasteiger partial charge in [0.1, 0.15) is 5.78 Å². The first-order valence-electron chi connectivity index (χ1n) is 4.90. The number of amides is 1. The number of nitrogens with two attached hydrogens (primary N) is 1. The standard InChI is InChI=1S/C12H15NO2/c1-8(9(2)14)7-10-3-5-11(6-4-10)12(13)15/h3-6,8H,7H2,1-2H3,(H2,13,15)/t8-/m1/s1. The Kier molecular flexibility index (Phi) is 3.61. The first-order valence-corrected chi connectivity index (χ1v) is 4.90. The van der Waals surface area contributed by atoms with Crippen LogP contribution in [0, 0.1) is 5.92 Å². The molecule has 3 nitrogen and oxygen atoms in total. The fraction of sp³-hybridized carbons (Fsp3) is 0.333. The fourth-order valence-electron chi connectivity index (χ4n) is 1.30. The second-order valence-corrected chi connectivity index (χ2v) is 3.78. The average molecular weight is 205 g/mol. The van der Waals surface area contributed by atoms with Crippen molar-refractivity contribution in [1.82, 2.24) is 0 Å². The first kappa shape index (κ1) is 11.4. The highest BCUT2D eigenvalue weighted by Gasteiger charge is 2.08. The Bertz CT molecular complexity index is 368. The van der Waals surface area contributed by atoms with Crippen LogP contribution in [0.4, 0.5) is 0 Å². The van der Waals surface area contributed by atoms with E-state index in [0.717, 1.165) is 5.56 Å². The van der Waals surface area contributed by atoms with Crippen LogP contribution in [-0.4, -0.2) is 11.7 Å². The number of rotatable bonds is 4. The number of hydrogen-bond acceptors (Lipinski definition) is 2. The molecule has 0 aliphatic heterocycles. The third-order valence-corrected chi connectivity index (χ3v) is 2.47. The summed E-state index contributed by atoms with van der Waals surface area (Å²) >= 11 is 0.